The van der Waals surface area contributed by atoms with Crippen molar-refractivity contribution in [2.24, 2.45) is 0 Å². The van der Waals surface area contributed by atoms with Gasteiger partial charge in [-0.05, 0) is 49.7 Å². The number of carbonyl (C=O) groups excluding carboxylic acids is 4. The molecule has 2 heterocycles. The van der Waals surface area contributed by atoms with Crippen LogP contribution in [0, 0.1) is 13.8 Å². The molecule has 0 aliphatic carbocycles. The lowest BCUT2D eigenvalue weighted by molar-refractivity contribution is 0.0280. The lowest BCUT2D eigenvalue weighted by atomic mass is 9.99. The molecule has 8 heteroatoms. The fourth-order valence-corrected chi connectivity index (χ4v) is 5.30. The first-order chi connectivity index (χ1) is 20.2. The molecular weight excluding hydrogens is 552 g/mol. The molecule has 0 bridgehead atoms. The third kappa shape index (κ3) is 4.63. The number of amides is 2. The van der Waals surface area contributed by atoms with Gasteiger partial charge in [0.25, 0.3) is 11.8 Å². The summed E-state index contributed by atoms with van der Waals surface area (Å²) in [5, 5.41) is 1.05. The molecule has 206 valence electrons. The number of fused-ring (bicyclic) bond motifs is 3. The number of aromatic nitrogens is 1. The van der Waals surface area contributed by atoms with E-state index < -0.39 is 29.7 Å². The average Bonchev–Trinajstić information content (AvgIpc) is 3.27. The maximum atomic E-state index is 13.7. The lowest BCUT2D eigenvalue weighted by Crippen LogP contribution is -2.30. The Labute approximate surface area is 246 Å². The number of ketones is 1. The van der Waals surface area contributed by atoms with Gasteiger partial charge < -0.3 is 4.74 Å². The van der Waals surface area contributed by atoms with Gasteiger partial charge in [0.2, 0.25) is 5.78 Å². The van der Waals surface area contributed by atoms with Gasteiger partial charge in [-0.3, -0.25) is 19.4 Å². The number of pyridine rings is 1. The fraction of sp³-hybridized carbons (Fsp3) is 0.0882. The summed E-state index contributed by atoms with van der Waals surface area (Å²) in [6.07, 6.45) is -1.25. The van der Waals surface area contributed by atoms with Gasteiger partial charge in [-0.15, -0.1) is 0 Å². The third-order valence-electron chi connectivity index (χ3n) is 7.29. The second-order valence-corrected chi connectivity index (χ2v) is 10.4. The van der Waals surface area contributed by atoms with E-state index in [-0.39, 0.29) is 22.4 Å². The first-order valence-corrected chi connectivity index (χ1v) is 13.6. The summed E-state index contributed by atoms with van der Waals surface area (Å²) in [7, 11) is 0. The van der Waals surface area contributed by atoms with Crippen molar-refractivity contribution in [2.45, 2.75) is 20.0 Å². The monoisotopic (exact) mass is 574 g/mol. The van der Waals surface area contributed by atoms with E-state index in [2.05, 4.69) is 4.98 Å². The molecule has 1 aliphatic rings. The molecule has 0 saturated carbocycles. The van der Waals surface area contributed by atoms with Crippen molar-refractivity contribution in [1.82, 2.24) is 4.98 Å². The Balaban J connectivity index is 1.36. The highest BCUT2D eigenvalue weighted by atomic mass is 35.5. The molecule has 1 aliphatic heterocycles. The molecule has 42 heavy (non-hydrogen) atoms. The second-order valence-electron chi connectivity index (χ2n) is 9.98. The third-order valence-corrected chi connectivity index (χ3v) is 7.54. The number of nitrogens with zero attached hydrogens (tertiary/aromatic N) is 2. The second kappa shape index (κ2) is 10.7. The SMILES string of the molecule is Cc1ccc(C(=O)O[C@H](C(=O)c2ccccc2)c2ccc(Cl)cc2)cc1N1C(=O)c2c(C)nc3ccccc3c2C1=O. The van der Waals surface area contributed by atoms with Crippen LogP contribution in [0.2, 0.25) is 5.02 Å². The Morgan fingerprint density at radius 3 is 2.19 bits per heavy atom. The number of aryl methyl sites for hydroxylation is 2. The minimum Gasteiger partial charge on any atom is -0.445 e. The quantitative estimate of drug-likeness (QED) is 0.122. The number of anilines is 1. The van der Waals surface area contributed by atoms with E-state index in [0.717, 1.165) is 4.90 Å². The van der Waals surface area contributed by atoms with Crippen molar-refractivity contribution < 1.29 is 23.9 Å². The van der Waals surface area contributed by atoms with Gasteiger partial charge >= 0.3 is 5.97 Å². The molecule has 5 aromatic rings. The summed E-state index contributed by atoms with van der Waals surface area (Å²) in [4.78, 5) is 60.0. The van der Waals surface area contributed by atoms with Crippen LogP contribution in [0.25, 0.3) is 10.9 Å². The number of halogens is 1. The number of rotatable bonds is 6. The minimum absolute atomic E-state index is 0.0756. The van der Waals surface area contributed by atoms with E-state index in [1.807, 2.05) is 6.07 Å². The van der Waals surface area contributed by atoms with Gasteiger partial charge in [0.05, 0.1) is 33.6 Å². The summed E-state index contributed by atoms with van der Waals surface area (Å²) in [6.45, 7) is 3.44. The molecule has 6 rings (SSSR count). The highest BCUT2D eigenvalue weighted by molar-refractivity contribution is 6.38. The summed E-state index contributed by atoms with van der Waals surface area (Å²) in [5.41, 5.74) is 3.33. The molecule has 4 aromatic carbocycles. The zero-order chi connectivity index (χ0) is 29.5. The number of imide groups is 1. The molecule has 7 nitrogen and oxygen atoms in total. The topological polar surface area (TPSA) is 93.6 Å². The van der Waals surface area contributed by atoms with E-state index in [1.165, 1.54) is 12.1 Å². The number of para-hydroxylation sites is 1. The van der Waals surface area contributed by atoms with Crippen LogP contribution in [0.4, 0.5) is 5.69 Å². The first-order valence-electron chi connectivity index (χ1n) is 13.2. The smallest absolute Gasteiger partial charge is 0.339 e. The van der Waals surface area contributed by atoms with Crippen molar-refractivity contribution in [3.05, 3.63) is 141 Å². The van der Waals surface area contributed by atoms with Crippen LogP contribution < -0.4 is 4.90 Å². The van der Waals surface area contributed by atoms with E-state index in [0.29, 0.717) is 38.3 Å². The van der Waals surface area contributed by atoms with Crippen molar-refractivity contribution in [2.75, 3.05) is 4.90 Å². The number of hydrogen-bond donors (Lipinski definition) is 0. The molecule has 0 N–H and O–H groups in total. The van der Waals surface area contributed by atoms with Gasteiger partial charge in [-0.2, -0.15) is 0 Å². The van der Waals surface area contributed by atoms with Crippen LogP contribution in [0.1, 0.15) is 64.4 Å². The van der Waals surface area contributed by atoms with Crippen LogP contribution in [0.5, 0.6) is 0 Å². The van der Waals surface area contributed by atoms with Gasteiger partial charge in [0.15, 0.2) is 6.10 Å². The van der Waals surface area contributed by atoms with Crippen LogP contribution in [-0.4, -0.2) is 28.6 Å². The number of ether oxygens (including phenoxy) is 1. The number of hydrogen-bond acceptors (Lipinski definition) is 6. The van der Waals surface area contributed by atoms with Crippen molar-refractivity contribution in [1.29, 1.82) is 0 Å². The largest absolute Gasteiger partial charge is 0.445 e. The zero-order valence-corrected chi connectivity index (χ0v) is 23.4. The number of carbonyl (C=O) groups is 4. The Bertz CT molecular complexity index is 1920. The molecule has 0 radical (unpaired) electrons. The average molecular weight is 575 g/mol. The number of benzene rings is 4. The molecule has 0 unspecified atom stereocenters. The Morgan fingerprint density at radius 2 is 1.45 bits per heavy atom. The minimum atomic E-state index is -1.25. The van der Waals surface area contributed by atoms with Gasteiger partial charge in [-0.1, -0.05) is 78.3 Å². The Kier molecular flexibility index (Phi) is 6.88. The molecule has 0 saturated heterocycles. The predicted molar refractivity (Wildman–Crippen MR) is 159 cm³/mol. The van der Waals surface area contributed by atoms with Crippen molar-refractivity contribution in [3.63, 3.8) is 0 Å². The Hall–Kier alpha value is -5.14. The van der Waals surface area contributed by atoms with Crippen LogP contribution in [0.15, 0.2) is 97.1 Å². The van der Waals surface area contributed by atoms with Crippen LogP contribution in [0.3, 0.4) is 0 Å². The predicted octanol–water partition coefficient (Wildman–Crippen LogP) is 7.09. The number of esters is 1. The van der Waals surface area contributed by atoms with Crippen LogP contribution in [-0.2, 0) is 4.74 Å². The molecule has 0 fully saturated rings. The van der Waals surface area contributed by atoms with E-state index in [4.69, 9.17) is 16.3 Å². The van der Waals surface area contributed by atoms with E-state index >= 15 is 0 Å². The van der Waals surface area contributed by atoms with Gasteiger partial charge in [0, 0.05) is 21.5 Å². The lowest BCUT2D eigenvalue weighted by Gasteiger charge is -2.20. The number of Topliss-reactive ketones (excluding diaryl/α,β-unsaturated/α-hetero) is 1. The van der Waals surface area contributed by atoms with E-state index in [1.54, 1.807) is 92.7 Å². The Morgan fingerprint density at radius 1 is 0.786 bits per heavy atom. The summed E-state index contributed by atoms with van der Waals surface area (Å²) >= 11 is 6.05. The molecule has 1 aromatic heterocycles. The van der Waals surface area contributed by atoms with Crippen LogP contribution >= 0.6 is 11.6 Å². The van der Waals surface area contributed by atoms with E-state index in [9.17, 15) is 19.2 Å². The zero-order valence-electron chi connectivity index (χ0n) is 22.6. The maximum absolute atomic E-state index is 13.7. The maximum Gasteiger partial charge on any atom is 0.339 e. The van der Waals surface area contributed by atoms with Gasteiger partial charge in [0.1, 0.15) is 0 Å². The molecule has 2 amide bonds. The summed E-state index contributed by atoms with van der Waals surface area (Å²) in [5.74, 6) is -2.21. The molecule has 0 spiro atoms. The first kappa shape index (κ1) is 27.1. The highest BCUT2D eigenvalue weighted by Crippen LogP contribution is 2.36. The summed E-state index contributed by atoms with van der Waals surface area (Å²) < 4.78 is 5.80. The fourth-order valence-electron chi connectivity index (χ4n) is 5.17. The highest BCUT2D eigenvalue weighted by Gasteiger charge is 2.41. The molecular formula is C34H23ClN2O5. The van der Waals surface area contributed by atoms with Crippen molar-refractivity contribution in [3.8, 4) is 0 Å². The molecule has 1 atom stereocenters. The van der Waals surface area contributed by atoms with Gasteiger partial charge in [-0.25, -0.2) is 9.69 Å². The van der Waals surface area contributed by atoms with Crippen molar-refractivity contribution >= 4 is 51.8 Å². The normalized spacial score (nSPS) is 13.3. The summed E-state index contributed by atoms with van der Waals surface area (Å²) in [6, 6.07) is 26.8. The standard InChI is InChI=1S/C34H23ClN2O5/c1-19-12-13-23(34(41)42-31(22-14-16-24(35)17-15-22)30(38)21-8-4-3-5-9-21)18-27(19)37-32(39)28-20(2)36-26-11-7-6-10-25(26)29(28)33(37)40/h3-18,31H,1-2H3/t31-/m0/s1.